The van der Waals surface area contributed by atoms with Crippen LogP contribution in [0.2, 0.25) is 5.02 Å². The normalized spacial score (nSPS) is 15.2. The van der Waals surface area contributed by atoms with Crippen LogP contribution in [0.5, 0.6) is 5.75 Å². The van der Waals surface area contributed by atoms with E-state index < -0.39 is 10.0 Å². The number of ether oxygens (including phenoxy) is 1. The number of rotatable bonds is 6. The van der Waals surface area contributed by atoms with Gasteiger partial charge in [0, 0.05) is 10.7 Å². The van der Waals surface area contributed by atoms with Crippen LogP contribution in [0.25, 0.3) is 0 Å². The minimum absolute atomic E-state index is 0.0186. The molecule has 0 spiro atoms. The van der Waals surface area contributed by atoms with Gasteiger partial charge in [-0.25, -0.2) is 13.6 Å². The van der Waals surface area contributed by atoms with Gasteiger partial charge < -0.3 is 10.1 Å². The zero-order valence-corrected chi connectivity index (χ0v) is 16.9. The molecular formula is C20H23ClN2O4S. The molecule has 1 fully saturated rings. The number of carbonyl (C=O) groups is 1. The number of benzene rings is 2. The Kier molecular flexibility index (Phi) is 6.59. The minimum atomic E-state index is -4.01. The molecule has 2 aromatic carbocycles. The van der Waals surface area contributed by atoms with Crippen LogP contribution in [-0.2, 0) is 21.2 Å². The fourth-order valence-corrected chi connectivity index (χ4v) is 4.18. The van der Waals surface area contributed by atoms with Gasteiger partial charge in [0.25, 0.3) is 0 Å². The van der Waals surface area contributed by atoms with E-state index in [1.54, 1.807) is 36.4 Å². The second-order valence-corrected chi connectivity index (χ2v) is 8.84. The Labute approximate surface area is 170 Å². The van der Waals surface area contributed by atoms with Crippen LogP contribution in [0.15, 0.2) is 47.4 Å². The molecule has 6 nitrogen and oxygen atoms in total. The molecule has 150 valence electrons. The van der Waals surface area contributed by atoms with E-state index in [1.165, 1.54) is 6.07 Å². The molecule has 28 heavy (non-hydrogen) atoms. The number of hydrogen-bond donors (Lipinski definition) is 2. The summed E-state index contributed by atoms with van der Waals surface area (Å²) in [5, 5.41) is 8.55. The molecule has 0 aromatic heterocycles. The minimum Gasteiger partial charge on any atom is -0.489 e. The van der Waals surface area contributed by atoms with Crippen molar-refractivity contribution >= 4 is 33.2 Å². The largest absolute Gasteiger partial charge is 0.489 e. The van der Waals surface area contributed by atoms with Crippen molar-refractivity contribution in [2.24, 2.45) is 5.14 Å². The third-order valence-electron chi connectivity index (χ3n) is 4.69. The van der Waals surface area contributed by atoms with E-state index in [-0.39, 0.29) is 29.1 Å². The Morgan fingerprint density at radius 1 is 1.14 bits per heavy atom. The summed E-state index contributed by atoms with van der Waals surface area (Å²) >= 11 is 6.08. The Morgan fingerprint density at radius 3 is 2.54 bits per heavy atom. The van der Waals surface area contributed by atoms with Crippen LogP contribution in [0.4, 0.5) is 5.69 Å². The molecule has 0 saturated heterocycles. The van der Waals surface area contributed by atoms with Gasteiger partial charge in [0.15, 0.2) is 0 Å². The predicted molar refractivity (Wildman–Crippen MR) is 109 cm³/mol. The SMILES string of the molecule is NS(=O)(=O)c1cc(NC(=O)Cc2ccccc2Cl)ccc1OC1CCCCC1. The molecule has 3 N–H and O–H groups in total. The third-order valence-corrected chi connectivity index (χ3v) is 5.99. The number of anilines is 1. The number of nitrogens with two attached hydrogens (primary N) is 1. The monoisotopic (exact) mass is 422 g/mol. The van der Waals surface area contributed by atoms with Crippen LogP contribution < -0.4 is 15.2 Å². The first-order chi connectivity index (χ1) is 13.3. The zero-order chi connectivity index (χ0) is 20.1. The van der Waals surface area contributed by atoms with Crippen LogP contribution in [0, 0.1) is 0 Å². The second kappa shape index (κ2) is 8.94. The van der Waals surface area contributed by atoms with E-state index in [1.807, 2.05) is 0 Å². The van der Waals surface area contributed by atoms with Gasteiger partial charge in [-0.3, -0.25) is 4.79 Å². The lowest BCUT2D eigenvalue weighted by molar-refractivity contribution is -0.115. The Bertz CT molecular complexity index is 956. The molecule has 0 heterocycles. The molecule has 1 aliphatic rings. The molecule has 0 aliphatic heterocycles. The van der Waals surface area contributed by atoms with Gasteiger partial charge in [-0.15, -0.1) is 0 Å². The van der Waals surface area contributed by atoms with Crippen LogP contribution in [0.3, 0.4) is 0 Å². The molecule has 0 bridgehead atoms. The maximum atomic E-state index is 12.3. The molecule has 0 atom stereocenters. The number of hydrogen-bond acceptors (Lipinski definition) is 4. The van der Waals surface area contributed by atoms with Crippen molar-refractivity contribution in [3.63, 3.8) is 0 Å². The zero-order valence-electron chi connectivity index (χ0n) is 15.4. The third kappa shape index (κ3) is 5.47. The molecule has 1 saturated carbocycles. The quantitative estimate of drug-likeness (QED) is 0.737. The smallest absolute Gasteiger partial charge is 0.241 e. The first-order valence-electron chi connectivity index (χ1n) is 9.20. The van der Waals surface area contributed by atoms with E-state index in [2.05, 4.69) is 5.32 Å². The number of primary sulfonamides is 1. The number of sulfonamides is 1. The lowest BCUT2D eigenvalue weighted by Gasteiger charge is -2.24. The lowest BCUT2D eigenvalue weighted by Crippen LogP contribution is -2.22. The van der Waals surface area contributed by atoms with Crippen LogP contribution in [-0.4, -0.2) is 20.4 Å². The maximum absolute atomic E-state index is 12.3. The molecule has 1 aliphatic carbocycles. The van der Waals surface area contributed by atoms with Crippen molar-refractivity contribution in [3.05, 3.63) is 53.1 Å². The van der Waals surface area contributed by atoms with Crippen molar-refractivity contribution < 1.29 is 17.9 Å². The Balaban J connectivity index is 1.76. The van der Waals surface area contributed by atoms with Gasteiger partial charge in [0.2, 0.25) is 15.9 Å². The van der Waals surface area contributed by atoms with Gasteiger partial charge in [0.1, 0.15) is 10.6 Å². The van der Waals surface area contributed by atoms with Crippen LogP contribution in [0.1, 0.15) is 37.7 Å². The highest BCUT2D eigenvalue weighted by Crippen LogP contribution is 2.30. The Hall–Kier alpha value is -2.09. The standard InChI is InChI=1S/C20H23ClN2O4S/c21-17-9-5-4-6-14(17)12-20(24)23-15-10-11-18(19(13-15)28(22,25)26)27-16-7-2-1-3-8-16/h4-6,9-11,13,16H,1-3,7-8,12H2,(H,23,24)(H2,22,25,26). The highest BCUT2D eigenvalue weighted by Gasteiger charge is 2.21. The highest BCUT2D eigenvalue weighted by atomic mass is 35.5. The van der Waals surface area contributed by atoms with E-state index >= 15 is 0 Å². The Morgan fingerprint density at radius 2 is 1.86 bits per heavy atom. The number of carbonyl (C=O) groups excluding carboxylic acids is 1. The van der Waals surface area contributed by atoms with Gasteiger partial charge >= 0.3 is 0 Å². The average molecular weight is 423 g/mol. The number of amides is 1. The van der Waals surface area contributed by atoms with E-state index in [0.717, 1.165) is 32.1 Å². The molecular weight excluding hydrogens is 400 g/mol. The summed E-state index contributed by atoms with van der Waals surface area (Å²) < 4.78 is 30.0. The number of halogens is 1. The number of nitrogens with one attached hydrogen (secondary N) is 1. The van der Waals surface area contributed by atoms with E-state index in [0.29, 0.717) is 16.3 Å². The van der Waals surface area contributed by atoms with Crippen molar-refractivity contribution in [2.45, 2.75) is 49.5 Å². The van der Waals surface area contributed by atoms with Crippen molar-refractivity contribution in [1.82, 2.24) is 0 Å². The van der Waals surface area contributed by atoms with Crippen molar-refractivity contribution in [1.29, 1.82) is 0 Å². The maximum Gasteiger partial charge on any atom is 0.241 e. The summed E-state index contributed by atoms with van der Waals surface area (Å²) in [6, 6.07) is 11.5. The van der Waals surface area contributed by atoms with Gasteiger partial charge in [0.05, 0.1) is 12.5 Å². The summed E-state index contributed by atoms with van der Waals surface area (Å²) in [5.74, 6) is -0.0899. The molecule has 3 rings (SSSR count). The average Bonchev–Trinajstić information content (AvgIpc) is 2.65. The molecule has 1 amide bonds. The lowest BCUT2D eigenvalue weighted by atomic mass is 9.98. The topological polar surface area (TPSA) is 98.5 Å². The van der Waals surface area contributed by atoms with Gasteiger partial charge in [-0.1, -0.05) is 36.2 Å². The van der Waals surface area contributed by atoms with Gasteiger partial charge in [-0.2, -0.15) is 0 Å². The summed E-state index contributed by atoms with van der Waals surface area (Å²) in [5.41, 5.74) is 1.02. The molecule has 0 unspecified atom stereocenters. The highest BCUT2D eigenvalue weighted by molar-refractivity contribution is 7.89. The fraction of sp³-hybridized carbons (Fsp3) is 0.350. The predicted octanol–water partition coefficient (Wildman–Crippen LogP) is 3.88. The molecule has 2 aromatic rings. The first kappa shape index (κ1) is 20.6. The second-order valence-electron chi connectivity index (χ2n) is 6.90. The summed E-state index contributed by atoms with van der Waals surface area (Å²) in [6.45, 7) is 0. The van der Waals surface area contributed by atoms with E-state index in [4.69, 9.17) is 21.5 Å². The first-order valence-corrected chi connectivity index (χ1v) is 11.1. The molecule has 0 radical (unpaired) electrons. The summed E-state index contributed by atoms with van der Waals surface area (Å²) in [4.78, 5) is 12.2. The summed E-state index contributed by atoms with van der Waals surface area (Å²) in [7, 11) is -4.01. The van der Waals surface area contributed by atoms with Crippen molar-refractivity contribution in [2.75, 3.05) is 5.32 Å². The van der Waals surface area contributed by atoms with E-state index in [9.17, 15) is 13.2 Å². The van der Waals surface area contributed by atoms with Crippen LogP contribution >= 0.6 is 11.6 Å². The summed E-state index contributed by atoms with van der Waals surface area (Å²) in [6.07, 6.45) is 5.12. The fourth-order valence-electron chi connectivity index (χ4n) is 3.29. The van der Waals surface area contributed by atoms with Gasteiger partial charge in [-0.05, 0) is 55.5 Å². The molecule has 8 heteroatoms. The van der Waals surface area contributed by atoms with Crippen molar-refractivity contribution in [3.8, 4) is 5.75 Å².